The standard InChI is InChI=1S/C14H19BrN4O2/c15-12-2-1-11-14(17-12)19(13(20)9-21-11)8-7-18-5-3-10(16)4-6-18/h1-2,10H,3-9,16H2. The normalized spacial score (nSPS) is 20.3. The van der Waals surface area contributed by atoms with Gasteiger partial charge in [-0.1, -0.05) is 0 Å². The second-order valence-corrected chi connectivity index (χ2v) is 6.28. The summed E-state index contributed by atoms with van der Waals surface area (Å²) in [5, 5.41) is 0. The number of piperidine rings is 1. The number of hydrogen-bond acceptors (Lipinski definition) is 5. The number of halogens is 1. The summed E-state index contributed by atoms with van der Waals surface area (Å²) in [6, 6.07) is 3.98. The molecule has 1 amide bonds. The van der Waals surface area contributed by atoms with Gasteiger partial charge in [0, 0.05) is 19.1 Å². The Balaban J connectivity index is 1.67. The van der Waals surface area contributed by atoms with E-state index in [1.807, 2.05) is 12.1 Å². The Kier molecular flexibility index (Phi) is 4.42. The van der Waals surface area contributed by atoms with Crippen LogP contribution in [0.1, 0.15) is 12.8 Å². The number of amides is 1. The monoisotopic (exact) mass is 354 g/mol. The minimum absolute atomic E-state index is 0.0400. The third kappa shape index (κ3) is 3.36. The molecule has 0 radical (unpaired) electrons. The first kappa shape index (κ1) is 14.7. The van der Waals surface area contributed by atoms with Gasteiger partial charge < -0.3 is 15.4 Å². The number of nitrogens with zero attached hydrogens (tertiary/aromatic N) is 3. The summed E-state index contributed by atoms with van der Waals surface area (Å²) in [5.74, 6) is 1.23. The molecule has 21 heavy (non-hydrogen) atoms. The van der Waals surface area contributed by atoms with Gasteiger partial charge in [0.15, 0.2) is 18.2 Å². The first-order chi connectivity index (χ1) is 10.1. The average Bonchev–Trinajstić information content (AvgIpc) is 2.48. The third-order valence-electron chi connectivity index (χ3n) is 3.99. The lowest BCUT2D eigenvalue weighted by atomic mass is 10.1. The predicted octanol–water partition coefficient (Wildman–Crippen LogP) is 0.993. The molecule has 1 saturated heterocycles. The second kappa shape index (κ2) is 6.29. The van der Waals surface area contributed by atoms with E-state index >= 15 is 0 Å². The Morgan fingerprint density at radius 3 is 2.86 bits per heavy atom. The summed E-state index contributed by atoms with van der Waals surface area (Å²) in [7, 11) is 0. The molecule has 6 nitrogen and oxygen atoms in total. The highest BCUT2D eigenvalue weighted by atomic mass is 79.9. The Labute approximate surface area is 132 Å². The summed E-state index contributed by atoms with van der Waals surface area (Å²) in [6.45, 7) is 3.55. The number of carbonyl (C=O) groups is 1. The Morgan fingerprint density at radius 2 is 2.10 bits per heavy atom. The summed E-state index contributed by atoms with van der Waals surface area (Å²) >= 11 is 3.34. The van der Waals surface area contributed by atoms with Gasteiger partial charge in [-0.05, 0) is 54.0 Å². The van der Waals surface area contributed by atoms with Crippen LogP contribution in [0.15, 0.2) is 16.7 Å². The highest BCUT2D eigenvalue weighted by Gasteiger charge is 2.27. The molecule has 2 aliphatic rings. The molecule has 0 unspecified atom stereocenters. The van der Waals surface area contributed by atoms with Crippen molar-refractivity contribution in [1.29, 1.82) is 0 Å². The molecular formula is C14H19BrN4O2. The number of aromatic nitrogens is 1. The molecule has 0 saturated carbocycles. The van der Waals surface area contributed by atoms with Crippen molar-refractivity contribution in [2.45, 2.75) is 18.9 Å². The third-order valence-corrected chi connectivity index (χ3v) is 4.43. The highest BCUT2D eigenvalue weighted by Crippen LogP contribution is 2.31. The molecule has 2 N–H and O–H groups in total. The maximum atomic E-state index is 12.1. The molecule has 0 aromatic carbocycles. The van der Waals surface area contributed by atoms with E-state index in [9.17, 15) is 4.79 Å². The van der Waals surface area contributed by atoms with E-state index < -0.39 is 0 Å². The van der Waals surface area contributed by atoms with Crippen molar-refractivity contribution in [3.05, 3.63) is 16.7 Å². The molecule has 0 atom stereocenters. The van der Waals surface area contributed by atoms with E-state index in [0.29, 0.717) is 28.8 Å². The summed E-state index contributed by atoms with van der Waals surface area (Å²) in [5.41, 5.74) is 5.91. The lowest BCUT2D eigenvalue weighted by molar-refractivity contribution is -0.121. The first-order valence-corrected chi connectivity index (χ1v) is 8.00. The van der Waals surface area contributed by atoms with Crippen molar-refractivity contribution in [2.75, 3.05) is 37.7 Å². The van der Waals surface area contributed by atoms with Crippen molar-refractivity contribution < 1.29 is 9.53 Å². The lowest BCUT2D eigenvalue weighted by Crippen LogP contribution is -2.46. The zero-order chi connectivity index (χ0) is 14.8. The Morgan fingerprint density at radius 1 is 1.33 bits per heavy atom. The van der Waals surface area contributed by atoms with Gasteiger partial charge in [0.25, 0.3) is 5.91 Å². The summed E-state index contributed by atoms with van der Waals surface area (Å²) < 4.78 is 6.12. The second-order valence-electron chi connectivity index (χ2n) is 5.47. The Hall–Kier alpha value is -1.18. The zero-order valence-corrected chi connectivity index (χ0v) is 13.4. The number of ether oxygens (including phenoxy) is 1. The number of carbonyl (C=O) groups excluding carboxylic acids is 1. The molecule has 1 aromatic heterocycles. The maximum Gasteiger partial charge on any atom is 0.266 e. The van der Waals surface area contributed by atoms with Crippen molar-refractivity contribution in [3.8, 4) is 5.75 Å². The van der Waals surface area contributed by atoms with Crippen molar-refractivity contribution in [1.82, 2.24) is 9.88 Å². The molecule has 3 rings (SSSR count). The highest BCUT2D eigenvalue weighted by molar-refractivity contribution is 9.10. The summed E-state index contributed by atoms with van der Waals surface area (Å²) in [6.07, 6.45) is 2.05. The number of hydrogen-bond donors (Lipinski definition) is 1. The SMILES string of the molecule is NC1CCN(CCN2C(=O)COc3ccc(Br)nc32)CC1. The van der Waals surface area contributed by atoms with E-state index in [1.165, 1.54) is 0 Å². The first-order valence-electron chi connectivity index (χ1n) is 7.21. The molecule has 2 aliphatic heterocycles. The smallest absolute Gasteiger partial charge is 0.266 e. The van der Waals surface area contributed by atoms with Crippen LogP contribution in [0.4, 0.5) is 5.82 Å². The van der Waals surface area contributed by atoms with Crippen LogP contribution >= 0.6 is 15.9 Å². The Bertz CT molecular complexity index is 532. The van der Waals surface area contributed by atoms with Crippen LogP contribution in [0.2, 0.25) is 0 Å². The van der Waals surface area contributed by atoms with E-state index in [4.69, 9.17) is 10.5 Å². The van der Waals surface area contributed by atoms with E-state index in [0.717, 1.165) is 32.5 Å². The van der Waals surface area contributed by atoms with Crippen LogP contribution in [-0.4, -0.2) is 54.6 Å². The van der Waals surface area contributed by atoms with Crippen LogP contribution in [0.5, 0.6) is 5.75 Å². The summed E-state index contributed by atoms with van der Waals surface area (Å²) in [4.78, 5) is 20.6. The molecule has 114 valence electrons. The van der Waals surface area contributed by atoms with Gasteiger partial charge in [-0.3, -0.25) is 9.69 Å². The number of fused-ring (bicyclic) bond motifs is 1. The van der Waals surface area contributed by atoms with Gasteiger partial charge in [-0.25, -0.2) is 4.98 Å². The number of anilines is 1. The number of likely N-dealkylation sites (tertiary alicyclic amines) is 1. The fourth-order valence-electron chi connectivity index (χ4n) is 2.70. The lowest BCUT2D eigenvalue weighted by Gasteiger charge is -2.33. The maximum absolute atomic E-state index is 12.1. The van der Waals surface area contributed by atoms with E-state index in [1.54, 1.807) is 4.90 Å². The van der Waals surface area contributed by atoms with Gasteiger partial charge in [0.05, 0.1) is 0 Å². The fourth-order valence-corrected chi connectivity index (χ4v) is 3.00. The minimum atomic E-state index is -0.0400. The molecule has 0 aliphatic carbocycles. The van der Waals surface area contributed by atoms with Crippen molar-refractivity contribution in [2.24, 2.45) is 5.73 Å². The molecule has 7 heteroatoms. The quantitative estimate of drug-likeness (QED) is 0.819. The number of nitrogens with two attached hydrogens (primary N) is 1. The van der Waals surface area contributed by atoms with Gasteiger partial charge >= 0.3 is 0 Å². The molecular weight excluding hydrogens is 336 g/mol. The van der Waals surface area contributed by atoms with E-state index in [2.05, 4.69) is 25.8 Å². The number of pyridine rings is 1. The molecule has 0 bridgehead atoms. The van der Waals surface area contributed by atoms with Gasteiger partial charge in [-0.15, -0.1) is 0 Å². The number of rotatable bonds is 3. The largest absolute Gasteiger partial charge is 0.480 e. The predicted molar refractivity (Wildman–Crippen MR) is 83.4 cm³/mol. The van der Waals surface area contributed by atoms with Crippen LogP contribution in [0.3, 0.4) is 0 Å². The molecule has 3 heterocycles. The van der Waals surface area contributed by atoms with Crippen molar-refractivity contribution >= 4 is 27.7 Å². The fraction of sp³-hybridized carbons (Fsp3) is 0.571. The van der Waals surface area contributed by atoms with E-state index in [-0.39, 0.29) is 12.5 Å². The van der Waals surface area contributed by atoms with Gasteiger partial charge in [-0.2, -0.15) is 0 Å². The van der Waals surface area contributed by atoms with Gasteiger partial charge in [0.2, 0.25) is 0 Å². The van der Waals surface area contributed by atoms with Crippen LogP contribution < -0.4 is 15.4 Å². The molecule has 1 fully saturated rings. The molecule has 0 spiro atoms. The molecule has 1 aromatic rings. The van der Waals surface area contributed by atoms with Crippen LogP contribution in [-0.2, 0) is 4.79 Å². The zero-order valence-electron chi connectivity index (χ0n) is 11.8. The minimum Gasteiger partial charge on any atom is -0.480 e. The van der Waals surface area contributed by atoms with Gasteiger partial charge in [0.1, 0.15) is 4.60 Å². The van der Waals surface area contributed by atoms with Crippen LogP contribution in [0, 0.1) is 0 Å². The van der Waals surface area contributed by atoms with Crippen molar-refractivity contribution in [3.63, 3.8) is 0 Å². The average molecular weight is 355 g/mol. The van der Waals surface area contributed by atoms with Crippen LogP contribution in [0.25, 0.3) is 0 Å². The topological polar surface area (TPSA) is 71.7 Å².